The van der Waals surface area contributed by atoms with Gasteiger partial charge in [0.2, 0.25) is 10.0 Å². The van der Waals surface area contributed by atoms with Crippen molar-refractivity contribution in [1.29, 1.82) is 0 Å². The number of carbonyl (C=O) groups is 2. The molecule has 162 valence electrons. The number of ketones is 1. The number of carbonyl (C=O) groups excluding carboxylic acids is 2. The van der Waals surface area contributed by atoms with Gasteiger partial charge in [-0.3, -0.25) is 4.79 Å². The second-order valence-electron chi connectivity index (χ2n) is 6.50. The summed E-state index contributed by atoms with van der Waals surface area (Å²) < 4.78 is 46.0. The molecule has 10 heteroatoms. The molecule has 0 spiro atoms. The van der Waals surface area contributed by atoms with Crippen LogP contribution in [0.25, 0.3) is 5.53 Å². The predicted octanol–water partition coefficient (Wildman–Crippen LogP) is 2.51. The molecule has 0 fully saturated rings. The lowest BCUT2D eigenvalue weighted by molar-refractivity contribution is -0.141. The van der Waals surface area contributed by atoms with Crippen LogP contribution in [0, 0.1) is 12.7 Å². The summed E-state index contributed by atoms with van der Waals surface area (Å²) in [5.41, 5.74) is 9.29. The Bertz CT molecular complexity index is 1120. The fraction of sp³-hybridized carbons (Fsp3) is 0.190. The Balaban J connectivity index is 2.35. The summed E-state index contributed by atoms with van der Waals surface area (Å²) in [6.07, 6.45) is 0.674. The fourth-order valence-electron chi connectivity index (χ4n) is 2.59. The van der Waals surface area contributed by atoms with E-state index in [2.05, 4.69) is 16.1 Å². The molecule has 2 aromatic carbocycles. The number of sulfonamides is 1. The number of halogens is 1. The monoisotopic (exact) mass is 445 g/mol. The van der Waals surface area contributed by atoms with Gasteiger partial charge in [0.15, 0.2) is 0 Å². The number of rotatable bonds is 10. The van der Waals surface area contributed by atoms with Gasteiger partial charge in [-0.2, -0.15) is 4.79 Å². The first kappa shape index (κ1) is 23.8. The first-order valence-corrected chi connectivity index (χ1v) is 10.5. The van der Waals surface area contributed by atoms with Crippen molar-refractivity contribution in [3.63, 3.8) is 0 Å². The van der Waals surface area contributed by atoms with Crippen LogP contribution < -0.4 is 4.72 Å². The number of nitrogens with zero attached hydrogens (tertiary/aromatic N) is 2. The lowest BCUT2D eigenvalue weighted by atomic mass is 10.0. The molecule has 0 heterocycles. The zero-order valence-electron chi connectivity index (χ0n) is 16.6. The zero-order chi connectivity index (χ0) is 23.0. The maximum absolute atomic E-state index is 13.3. The van der Waals surface area contributed by atoms with Crippen LogP contribution in [0.5, 0.6) is 0 Å². The van der Waals surface area contributed by atoms with Gasteiger partial charge >= 0.3 is 11.7 Å². The van der Waals surface area contributed by atoms with Crippen molar-refractivity contribution < 1.29 is 31.9 Å². The molecule has 0 aliphatic carbocycles. The van der Waals surface area contributed by atoms with Crippen molar-refractivity contribution in [2.75, 3.05) is 6.61 Å². The average Bonchev–Trinajstić information content (AvgIpc) is 2.73. The molecule has 2 rings (SSSR count). The van der Waals surface area contributed by atoms with E-state index in [9.17, 15) is 22.4 Å². The lowest BCUT2D eigenvalue weighted by Gasteiger charge is -2.18. The molecule has 0 radical (unpaired) electrons. The summed E-state index contributed by atoms with van der Waals surface area (Å²) in [6, 6.07) is 9.65. The maximum atomic E-state index is 13.3. The van der Waals surface area contributed by atoms with Gasteiger partial charge in [0.05, 0.1) is 10.9 Å². The van der Waals surface area contributed by atoms with Gasteiger partial charge in [0.25, 0.3) is 5.78 Å². The van der Waals surface area contributed by atoms with Crippen LogP contribution in [0.1, 0.15) is 23.6 Å². The Hall–Kier alpha value is -3.46. The number of esters is 1. The van der Waals surface area contributed by atoms with Crippen LogP contribution in [-0.4, -0.2) is 37.3 Å². The van der Waals surface area contributed by atoms with E-state index in [1.165, 1.54) is 30.3 Å². The highest BCUT2D eigenvalue weighted by molar-refractivity contribution is 7.89. The number of Topliss-reactive ketones (excluding diaryl/α,β-unsaturated/α-hetero) is 1. The molecular weight excluding hydrogens is 425 g/mol. The average molecular weight is 445 g/mol. The first-order chi connectivity index (χ1) is 14.7. The van der Waals surface area contributed by atoms with Crippen molar-refractivity contribution in [2.24, 2.45) is 0 Å². The van der Waals surface area contributed by atoms with E-state index in [-0.39, 0.29) is 17.1 Å². The fourth-order valence-corrected chi connectivity index (χ4v) is 3.82. The van der Waals surface area contributed by atoms with Crippen molar-refractivity contribution >= 4 is 27.5 Å². The minimum absolute atomic E-state index is 0.0425. The number of ether oxygens (including phenoxy) is 1. The molecule has 0 amide bonds. The minimum Gasteiger partial charge on any atom is -0.453 e. The Morgan fingerprint density at radius 1 is 1.19 bits per heavy atom. The van der Waals surface area contributed by atoms with Crippen LogP contribution in [0.15, 0.2) is 66.1 Å². The van der Waals surface area contributed by atoms with Gasteiger partial charge in [-0.15, -0.1) is 0 Å². The van der Waals surface area contributed by atoms with Crippen LogP contribution in [0.2, 0.25) is 0 Å². The Morgan fingerprint density at radius 2 is 1.81 bits per heavy atom. The van der Waals surface area contributed by atoms with Crippen molar-refractivity contribution in [3.05, 3.63) is 83.7 Å². The topological polar surface area (TPSA) is 126 Å². The third-order valence-electron chi connectivity index (χ3n) is 4.18. The maximum Gasteiger partial charge on any atom is 0.441 e. The van der Waals surface area contributed by atoms with Gasteiger partial charge in [0.1, 0.15) is 12.4 Å². The lowest BCUT2D eigenvalue weighted by Crippen LogP contribution is -2.34. The van der Waals surface area contributed by atoms with E-state index < -0.39 is 45.8 Å². The highest BCUT2D eigenvalue weighted by atomic mass is 32.2. The number of hydrogen-bond acceptors (Lipinski definition) is 5. The number of aryl methyl sites for hydroxylation is 1. The van der Waals surface area contributed by atoms with Gasteiger partial charge < -0.3 is 10.3 Å². The second kappa shape index (κ2) is 10.5. The molecule has 0 aliphatic heterocycles. The predicted molar refractivity (Wildman–Crippen MR) is 110 cm³/mol. The number of nitrogens with one attached hydrogen (secondary N) is 1. The van der Waals surface area contributed by atoms with E-state index >= 15 is 0 Å². The first-order valence-electron chi connectivity index (χ1n) is 9.05. The largest absolute Gasteiger partial charge is 0.453 e. The summed E-state index contributed by atoms with van der Waals surface area (Å²) >= 11 is 0. The molecule has 1 N–H and O–H groups in total. The van der Waals surface area contributed by atoms with Crippen LogP contribution >= 0.6 is 0 Å². The van der Waals surface area contributed by atoms with Gasteiger partial charge in [-0.05, 0) is 36.8 Å². The van der Waals surface area contributed by atoms with E-state index in [4.69, 9.17) is 10.3 Å². The quantitative estimate of drug-likeness (QED) is 0.150. The van der Waals surface area contributed by atoms with Crippen molar-refractivity contribution in [2.45, 2.75) is 24.3 Å². The smallest absolute Gasteiger partial charge is 0.441 e. The van der Waals surface area contributed by atoms with Crippen molar-refractivity contribution in [1.82, 2.24) is 4.72 Å². The standard InChI is InChI=1S/C21H20FN3O5S/c1-3-12-30-21(27)20(24-23)19(26)13-18(15-6-8-16(22)9-7-15)25-31(28,29)17-10-4-14(2)5-11-17/h3-11,18,25H,1,12-13H2,2H3/t18-/m0/s1. The highest BCUT2D eigenvalue weighted by Crippen LogP contribution is 2.22. The molecule has 8 nitrogen and oxygen atoms in total. The van der Waals surface area contributed by atoms with E-state index in [0.29, 0.717) is 0 Å². The Labute approximate surface area is 179 Å². The summed E-state index contributed by atoms with van der Waals surface area (Å²) in [6.45, 7) is 4.94. The van der Waals surface area contributed by atoms with Gasteiger partial charge in [-0.1, -0.05) is 42.5 Å². The normalized spacial score (nSPS) is 11.8. The van der Waals surface area contributed by atoms with Gasteiger partial charge in [0, 0.05) is 6.42 Å². The molecule has 0 aromatic heterocycles. The molecule has 0 unspecified atom stereocenters. The third kappa shape index (κ3) is 6.51. The molecule has 31 heavy (non-hydrogen) atoms. The van der Waals surface area contributed by atoms with Crippen molar-refractivity contribution in [3.8, 4) is 0 Å². The Morgan fingerprint density at radius 3 is 2.35 bits per heavy atom. The molecule has 0 bridgehead atoms. The molecule has 0 saturated carbocycles. The molecular formula is C21H20FN3O5S. The van der Waals surface area contributed by atoms with Gasteiger partial charge in [-0.25, -0.2) is 22.3 Å². The SMILES string of the molecule is C=CCOC(=O)C(=[N+]=[N-])C(=O)C[C@H](NS(=O)(=O)c1ccc(C)cc1)c1ccc(F)cc1. The molecule has 0 saturated heterocycles. The number of benzene rings is 2. The summed E-state index contributed by atoms with van der Waals surface area (Å²) in [5, 5.41) is 0. The molecule has 2 aromatic rings. The van der Waals surface area contributed by atoms with E-state index in [0.717, 1.165) is 17.7 Å². The summed E-state index contributed by atoms with van der Waals surface area (Å²) in [7, 11) is -4.07. The molecule has 1 atom stereocenters. The van der Waals surface area contributed by atoms with Crippen LogP contribution in [0.3, 0.4) is 0 Å². The Kier molecular flexibility index (Phi) is 8.09. The molecule has 0 aliphatic rings. The van der Waals surface area contributed by atoms with Crippen LogP contribution in [-0.2, 0) is 24.3 Å². The zero-order valence-corrected chi connectivity index (χ0v) is 17.4. The summed E-state index contributed by atoms with van der Waals surface area (Å²) in [5.74, 6) is -2.72. The van der Waals surface area contributed by atoms with E-state index in [1.807, 2.05) is 0 Å². The second-order valence-corrected chi connectivity index (χ2v) is 8.22. The number of hydrogen-bond donors (Lipinski definition) is 1. The van der Waals surface area contributed by atoms with Crippen LogP contribution in [0.4, 0.5) is 4.39 Å². The summed E-state index contributed by atoms with van der Waals surface area (Å²) in [4.78, 5) is 27.1. The third-order valence-corrected chi connectivity index (χ3v) is 5.67. The van der Waals surface area contributed by atoms with E-state index in [1.54, 1.807) is 19.1 Å². The highest BCUT2D eigenvalue weighted by Gasteiger charge is 2.34. The minimum atomic E-state index is -4.07.